The van der Waals surface area contributed by atoms with Crippen LogP contribution in [0.25, 0.3) is 82.4 Å². The lowest BCUT2D eigenvalue weighted by Gasteiger charge is -2.12. The first-order valence-electron chi connectivity index (χ1n) is 13.4. The van der Waals surface area contributed by atoms with Crippen molar-refractivity contribution in [1.82, 2.24) is 9.55 Å². The first-order chi connectivity index (χ1) is 19.3. The SMILES string of the molecule is c1ccc2c(c1)-c1cccc3c(-c4ccc(-n5c6ccccc6c6cc7ccncc7cc65)cc4)ccc-2c13. The molecular weight excluding hydrogens is 472 g/mol. The van der Waals surface area contributed by atoms with Crippen LogP contribution in [-0.4, -0.2) is 9.55 Å². The van der Waals surface area contributed by atoms with E-state index in [-0.39, 0.29) is 0 Å². The number of benzene rings is 6. The molecule has 0 bridgehead atoms. The monoisotopic (exact) mass is 494 g/mol. The Hall–Kier alpha value is -5.21. The minimum atomic E-state index is 1.15. The molecule has 39 heavy (non-hydrogen) atoms. The molecule has 0 aliphatic heterocycles. The van der Waals surface area contributed by atoms with Crippen LogP contribution in [0.5, 0.6) is 0 Å². The van der Waals surface area contributed by atoms with E-state index in [1.807, 2.05) is 12.4 Å². The molecule has 9 rings (SSSR count). The molecular formula is C37H22N2. The number of aromatic nitrogens is 2. The Kier molecular flexibility index (Phi) is 4.08. The summed E-state index contributed by atoms with van der Waals surface area (Å²) in [6.45, 7) is 0. The molecule has 0 radical (unpaired) electrons. The molecule has 0 spiro atoms. The summed E-state index contributed by atoms with van der Waals surface area (Å²) in [4.78, 5) is 4.37. The molecule has 180 valence electrons. The van der Waals surface area contributed by atoms with E-state index in [2.05, 4.69) is 131 Å². The highest BCUT2D eigenvalue weighted by Crippen LogP contribution is 2.49. The standard InChI is InChI=1S/C37H22N2/c1-2-7-29-28(6-1)32-10-5-9-31-27(16-17-33(29)37(31)32)23-12-14-26(15-13-23)39-35-11-4-3-8-30(35)34-20-24-18-19-38-22-25(24)21-36(34)39/h1-22H. The zero-order valence-corrected chi connectivity index (χ0v) is 21.1. The molecule has 0 N–H and O–H groups in total. The minimum Gasteiger partial charge on any atom is -0.309 e. The van der Waals surface area contributed by atoms with E-state index < -0.39 is 0 Å². The van der Waals surface area contributed by atoms with Crippen LogP contribution in [0.3, 0.4) is 0 Å². The number of rotatable bonds is 2. The molecule has 2 aromatic heterocycles. The van der Waals surface area contributed by atoms with Crippen molar-refractivity contribution in [2.24, 2.45) is 0 Å². The first kappa shape index (κ1) is 20.8. The summed E-state index contributed by atoms with van der Waals surface area (Å²) >= 11 is 0. The van der Waals surface area contributed by atoms with Crippen LogP contribution in [0.1, 0.15) is 0 Å². The van der Waals surface area contributed by atoms with Crippen molar-refractivity contribution >= 4 is 43.4 Å². The third-order valence-corrected chi connectivity index (χ3v) is 8.42. The van der Waals surface area contributed by atoms with Gasteiger partial charge in [-0.15, -0.1) is 0 Å². The fourth-order valence-electron chi connectivity index (χ4n) is 6.68. The summed E-state index contributed by atoms with van der Waals surface area (Å²) in [5, 5.41) is 7.57. The predicted molar refractivity (Wildman–Crippen MR) is 163 cm³/mol. The van der Waals surface area contributed by atoms with Crippen molar-refractivity contribution in [3.63, 3.8) is 0 Å². The smallest absolute Gasteiger partial charge is 0.0548 e. The molecule has 0 atom stereocenters. The van der Waals surface area contributed by atoms with Gasteiger partial charge in [-0.05, 0) is 85.9 Å². The van der Waals surface area contributed by atoms with Gasteiger partial charge in [-0.1, -0.05) is 84.9 Å². The second-order valence-electron chi connectivity index (χ2n) is 10.4. The van der Waals surface area contributed by atoms with Gasteiger partial charge in [0.1, 0.15) is 0 Å². The van der Waals surface area contributed by atoms with E-state index in [0.717, 1.165) is 11.1 Å². The Morgan fingerprint density at radius 2 is 1.18 bits per heavy atom. The largest absolute Gasteiger partial charge is 0.309 e. The molecule has 1 aliphatic rings. The van der Waals surface area contributed by atoms with E-state index in [9.17, 15) is 0 Å². The number of para-hydroxylation sites is 1. The maximum Gasteiger partial charge on any atom is 0.0548 e. The first-order valence-corrected chi connectivity index (χ1v) is 13.4. The normalized spacial score (nSPS) is 12.1. The highest BCUT2D eigenvalue weighted by atomic mass is 15.0. The van der Waals surface area contributed by atoms with Crippen molar-refractivity contribution < 1.29 is 0 Å². The number of hydrogen-bond donors (Lipinski definition) is 0. The Bertz CT molecular complexity index is 2240. The van der Waals surface area contributed by atoms with Crippen molar-refractivity contribution in [2.75, 3.05) is 0 Å². The van der Waals surface area contributed by atoms with E-state index in [1.54, 1.807) is 0 Å². The lowest BCUT2D eigenvalue weighted by atomic mass is 9.94. The van der Waals surface area contributed by atoms with Gasteiger partial charge < -0.3 is 4.57 Å². The van der Waals surface area contributed by atoms with Crippen LogP contribution < -0.4 is 0 Å². The van der Waals surface area contributed by atoms with Crippen LogP contribution in [0.15, 0.2) is 134 Å². The fourth-order valence-corrected chi connectivity index (χ4v) is 6.68. The summed E-state index contributed by atoms with van der Waals surface area (Å²) in [5.41, 5.74) is 11.4. The second kappa shape index (κ2) is 7.66. The maximum absolute atomic E-state index is 4.37. The van der Waals surface area contributed by atoms with Gasteiger partial charge in [0.15, 0.2) is 0 Å². The van der Waals surface area contributed by atoms with Gasteiger partial charge in [0, 0.05) is 34.2 Å². The number of pyridine rings is 1. The predicted octanol–water partition coefficient (Wildman–Crippen LogP) is 9.80. The number of nitrogens with zero attached hydrogens (tertiary/aromatic N) is 2. The molecule has 2 nitrogen and oxygen atoms in total. The van der Waals surface area contributed by atoms with Gasteiger partial charge in [0.25, 0.3) is 0 Å². The molecule has 8 aromatic rings. The third-order valence-electron chi connectivity index (χ3n) is 8.42. The molecule has 2 heteroatoms. The summed E-state index contributed by atoms with van der Waals surface area (Å²) in [7, 11) is 0. The highest BCUT2D eigenvalue weighted by Gasteiger charge is 2.22. The van der Waals surface area contributed by atoms with Gasteiger partial charge in [0.05, 0.1) is 11.0 Å². The van der Waals surface area contributed by atoms with Crippen molar-refractivity contribution in [2.45, 2.75) is 0 Å². The second-order valence-corrected chi connectivity index (χ2v) is 10.4. The van der Waals surface area contributed by atoms with Crippen LogP contribution in [0.2, 0.25) is 0 Å². The van der Waals surface area contributed by atoms with Gasteiger partial charge >= 0.3 is 0 Å². The van der Waals surface area contributed by atoms with Crippen LogP contribution in [-0.2, 0) is 0 Å². The van der Waals surface area contributed by atoms with Crippen LogP contribution in [0.4, 0.5) is 0 Å². The lowest BCUT2D eigenvalue weighted by Crippen LogP contribution is -1.94. The Labute approximate surface area is 225 Å². The van der Waals surface area contributed by atoms with E-state index in [4.69, 9.17) is 0 Å². The van der Waals surface area contributed by atoms with Crippen molar-refractivity contribution in [3.05, 3.63) is 134 Å². The summed E-state index contributed by atoms with van der Waals surface area (Å²) < 4.78 is 2.38. The summed E-state index contributed by atoms with van der Waals surface area (Å²) in [5.74, 6) is 0. The highest BCUT2D eigenvalue weighted by molar-refractivity contribution is 6.18. The fraction of sp³-hybridized carbons (Fsp3) is 0. The van der Waals surface area contributed by atoms with Crippen LogP contribution in [0, 0.1) is 0 Å². The lowest BCUT2D eigenvalue weighted by molar-refractivity contribution is 1.18. The van der Waals surface area contributed by atoms with Crippen LogP contribution >= 0.6 is 0 Å². The maximum atomic E-state index is 4.37. The molecule has 1 aliphatic carbocycles. The molecule has 0 saturated carbocycles. The Balaban J connectivity index is 1.24. The van der Waals surface area contributed by atoms with Gasteiger partial charge in [0.2, 0.25) is 0 Å². The quantitative estimate of drug-likeness (QED) is 0.234. The third kappa shape index (κ3) is 2.83. The average Bonchev–Trinajstić information content (AvgIpc) is 3.50. The number of hydrogen-bond acceptors (Lipinski definition) is 1. The topological polar surface area (TPSA) is 17.8 Å². The van der Waals surface area contributed by atoms with Crippen molar-refractivity contribution in [1.29, 1.82) is 0 Å². The van der Waals surface area contributed by atoms with E-state index in [0.29, 0.717) is 0 Å². The molecule has 0 fully saturated rings. The Morgan fingerprint density at radius 1 is 0.462 bits per heavy atom. The zero-order valence-electron chi connectivity index (χ0n) is 21.1. The molecule has 0 unspecified atom stereocenters. The Morgan fingerprint density at radius 3 is 2.05 bits per heavy atom. The van der Waals surface area contributed by atoms with Gasteiger partial charge in [-0.2, -0.15) is 0 Å². The van der Waals surface area contributed by atoms with Gasteiger partial charge in [-0.25, -0.2) is 0 Å². The number of fused-ring (bicyclic) bond motifs is 7. The van der Waals surface area contributed by atoms with E-state index in [1.165, 1.54) is 71.3 Å². The molecule has 6 aromatic carbocycles. The molecule has 2 heterocycles. The summed E-state index contributed by atoms with van der Waals surface area (Å²) in [6, 6.07) is 44.4. The minimum absolute atomic E-state index is 1.15. The summed E-state index contributed by atoms with van der Waals surface area (Å²) in [6.07, 6.45) is 3.82. The average molecular weight is 495 g/mol. The molecule has 0 amide bonds. The molecule has 0 saturated heterocycles. The zero-order chi connectivity index (χ0) is 25.5. The van der Waals surface area contributed by atoms with Crippen molar-refractivity contribution in [3.8, 4) is 39.1 Å². The van der Waals surface area contributed by atoms with Gasteiger partial charge in [-0.3, -0.25) is 4.98 Å². The van der Waals surface area contributed by atoms with E-state index >= 15 is 0 Å².